The van der Waals surface area contributed by atoms with Crippen molar-refractivity contribution in [2.75, 3.05) is 7.05 Å². The molecule has 0 spiro atoms. The van der Waals surface area contributed by atoms with E-state index in [-0.39, 0.29) is 11.6 Å². The number of amides is 1. The first-order valence-electron chi connectivity index (χ1n) is 4.68. The van der Waals surface area contributed by atoms with E-state index in [0.717, 1.165) is 4.90 Å². The molecule has 1 N–H and O–H groups in total. The third kappa shape index (κ3) is 1.71. The summed E-state index contributed by atoms with van der Waals surface area (Å²) >= 11 is 0. The SMILES string of the molecule is CN1C(=O)C(=O)C(C(=O)O)N=C1c1ccco1. The van der Waals surface area contributed by atoms with E-state index in [4.69, 9.17) is 9.52 Å². The van der Waals surface area contributed by atoms with Crippen LogP contribution in [0.3, 0.4) is 0 Å². The quantitative estimate of drug-likeness (QED) is 0.552. The molecule has 1 aliphatic rings. The fourth-order valence-corrected chi connectivity index (χ4v) is 1.45. The Balaban J connectivity index is 2.50. The number of carboxylic acid groups (broad SMARTS) is 1. The number of amidine groups is 1. The highest BCUT2D eigenvalue weighted by Crippen LogP contribution is 2.14. The van der Waals surface area contributed by atoms with Crippen molar-refractivity contribution in [2.24, 2.45) is 4.99 Å². The fraction of sp³-hybridized carbons (Fsp3) is 0.200. The molecule has 1 atom stereocenters. The largest absolute Gasteiger partial charge is 0.479 e. The second-order valence-electron chi connectivity index (χ2n) is 3.40. The monoisotopic (exact) mass is 236 g/mol. The lowest BCUT2D eigenvalue weighted by Crippen LogP contribution is -2.50. The molecule has 0 aliphatic carbocycles. The Morgan fingerprint density at radius 3 is 2.76 bits per heavy atom. The number of ketones is 1. The maximum atomic E-state index is 11.5. The molecule has 2 rings (SSSR count). The third-order valence-corrected chi connectivity index (χ3v) is 2.31. The van der Waals surface area contributed by atoms with Gasteiger partial charge < -0.3 is 9.52 Å². The summed E-state index contributed by atoms with van der Waals surface area (Å²) in [5.74, 6) is -3.17. The number of aliphatic carboxylic acids is 1. The Labute approximate surface area is 95.3 Å². The molecule has 1 aromatic heterocycles. The number of likely N-dealkylation sites (N-methyl/N-ethyl adjacent to an activating group) is 1. The molecular formula is C10H8N2O5. The number of rotatable bonds is 2. The van der Waals surface area contributed by atoms with E-state index >= 15 is 0 Å². The van der Waals surface area contributed by atoms with Gasteiger partial charge in [0, 0.05) is 7.05 Å². The van der Waals surface area contributed by atoms with Crippen molar-refractivity contribution in [3.8, 4) is 0 Å². The van der Waals surface area contributed by atoms with Crippen LogP contribution in [0.5, 0.6) is 0 Å². The van der Waals surface area contributed by atoms with Gasteiger partial charge in [0.2, 0.25) is 6.04 Å². The van der Waals surface area contributed by atoms with Gasteiger partial charge in [0.05, 0.1) is 6.26 Å². The summed E-state index contributed by atoms with van der Waals surface area (Å²) < 4.78 is 5.03. The summed E-state index contributed by atoms with van der Waals surface area (Å²) in [5, 5.41) is 8.80. The summed E-state index contributed by atoms with van der Waals surface area (Å²) in [4.78, 5) is 38.4. The van der Waals surface area contributed by atoms with Crippen LogP contribution in [0.4, 0.5) is 0 Å². The van der Waals surface area contributed by atoms with E-state index in [1.165, 1.54) is 19.4 Å². The normalized spacial score (nSPS) is 20.4. The molecule has 0 saturated carbocycles. The van der Waals surface area contributed by atoms with Gasteiger partial charge in [0.25, 0.3) is 11.7 Å². The smallest absolute Gasteiger partial charge is 0.336 e. The van der Waals surface area contributed by atoms with E-state index in [9.17, 15) is 14.4 Å². The van der Waals surface area contributed by atoms with Crippen LogP contribution >= 0.6 is 0 Å². The highest BCUT2D eigenvalue weighted by atomic mass is 16.4. The number of carboxylic acids is 1. The summed E-state index contributed by atoms with van der Waals surface area (Å²) in [6.45, 7) is 0. The van der Waals surface area contributed by atoms with Crippen LogP contribution in [0.2, 0.25) is 0 Å². The van der Waals surface area contributed by atoms with Crippen LogP contribution in [0.15, 0.2) is 27.8 Å². The highest BCUT2D eigenvalue weighted by Gasteiger charge is 2.40. The predicted molar refractivity (Wildman–Crippen MR) is 54.4 cm³/mol. The second kappa shape index (κ2) is 3.85. The van der Waals surface area contributed by atoms with E-state index in [0.29, 0.717) is 0 Å². The molecule has 1 amide bonds. The first kappa shape index (κ1) is 11.1. The summed E-state index contributed by atoms with van der Waals surface area (Å²) in [6, 6.07) is 1.40. The van der Waals surface area contributed by atoms with Crippen molar-refractivity contribution in [1.29, 1.82) is 0 Å². The zero-order chi connectivity index (χ0) is 12.6. The number of nitrogens with zero attached hydrogens (tertiary/aromatic N) is 2. The molecule has 0 radical (unpaired) electrons. The lowest BCUT2D eigenvalue weighted by Gasteiger charge is -2.23. The minimum absolute atomic E-state index is 0.0343. The molecule has 1 aliphatic heterocycles. The number of carbonyl (C=O) groups excluding carboxylic acids is 2. The van der Waals surface area contributed by atoms with E-state index in [1.807, 2.05) is 0 Å². The molecular weight excluding hydrogens is 228 g/mol. The average Bonchev–Trinajstić information content (AvgIpc) is 2.79. The van der Waals surface area contributed by atoms with E-state index in [2.05, 4.69) is 4.99 Å². The summed E-state index contributed by atoms with van der Waals surface area (Å²) in [7, 11) is 1.33. The van der Waals surface area contributed by atoms with Gasteiger partial charge in [0.1, 0.15) is 0 Å². The molecule has 0 saturated heterocycles. The Kier molecular flexibility index (Phi) is 2.51. The van der Waals surface area contributed by atoms with Crippen molar-refractivity contribution < 1.29 is 23.9 Å². The zero-order valence-corrected chi connectivity index (χ0v) is 8.78. The van der Waals surface area contributed by atoms with Gasteiger partial charge in [-0.2, -0.15) is 0 Å². The lowest BCUT2D eigenvalue weighted by atomic mass is 10.1. The predicted octanol–water partition coefficient (Wildman–Crippen LogP) is -0.479. The van der Waals surface area contributed by atoms with Gasteiger partial charge in [-0.1, -0.05) is 0 Å². The van der Waals surface area contributed by atoms with Crippen molar-refractivity contribution >= 4 is 23.5 Å². The molecule has 2 heterocycles. The molecule has 17 heavy (non-hydrogen) atoms. The topological polar surface area (TPSA) is 100 Å². The zero-order valence-electron chi connectivity index (χ0n) is 8.78. The fourth-order valence-electron chi connectivity index (χ4n) is 1.45. The number of hydrogen-bond donors (Lipinski definition) is 1. The van der Waals surface area contributed by atoms with Gasteiger partial charge >= 0.3 is 5.97 Å². The number of Topliss-reactive ketones (excluding diaryl/α,β-unsaturated/α-hetero) is 1. The summed E-state index contributed by atoms with van der Waals surface area (Å²) in [5.41, 5.74) is 0. The molecule has 7 nitrogen and oxygen atoms in total. The Hall–Kier alpha value is -2.44. The van der Waals surface area contributed by atoms with Crippen molar-refractivity contribution in [1.82, 2.24) is 4.90 Å². The van der Waals surface area contributed by atoms with Crippen LogP contribution < -0.4 is 0 Å². The van der Waals surface area contributed by atoms with E-state index < -0.39 is 23.7 Å². The maximum absolute atomic E-state index is 11.5. The Bertz CT molecular complexity index is 517. The molecule has 0 aromatic carbocycles. The minimum atomic E-state index is -1.70. The molecule has 0 fully saturated rings. The van der Waals surface area contributed by atoms with Crippen LogP contribution in [-0.4, -0.2) is 46.6 Å². The van der Waals surface area contributed by atoms with Gasteiger partial charge in [0.15, 0.2) is 11.6 Å². The first-order chi connectivity index (χ1) is 8.02. The Morgan fingerprint density at radius 2 is 2.24 bits per heavy atom. The molecule has 0 bridgehead atoms. The van der Waals surface area contributed by atoms with Gasteiger partial charge in [-0.25, -0.2) is 9.79 Å². The number of aliphatic imine (C=N–C) groups is 1. The second-order valence-corrected chi connectivity index (χ2v) is 3.40. The minimum Gasteiger partial charge on any atom is -0.479 e. The third-order valence-electron chi connectivity index (χ3n) is 2.31. The van der Waals surface area contributed by atoms with Crippen LogP contribution in [0.25, 0.3) is 0 Å². The molecule has 88 valence electrons. The maximum Gasteiger partial charge on any atom is 0.336 e. The van der Waals surface area contributed by atoms with Crippen LogP contribution in [-0.2, 0) is 14.4 Å². The van der Waals surface area contributed by atoms with Crippen molar-refractivity contribution in [3.05, 3.63) is 24.2 Å². The number of carbonyl (C=O) groups is 3. The Morgan fingerprint density at radius 1 is 1.53 bits per heavy atom. The van der Waals surface area contributed by atoms with Crippen molar-refractivity contribution in [3.63, 3.8) is 0 Å². The van der Waals surface area contributed by atoms with Gasteiger partial charge in [-0.05, 0) is 12.1 Å². The number of hydrogen-bond acceptors (Lipinski definition) is 5. The van der Waals surface area contributed by atoms with Gasteiger partial charge in [-0.15, -0.1) is 0 Å². The highest BCUT2D eigenvalue weighted by molar-refractivity contribution is 6.46. The summed E-state index contributed by atoms with van der Waals surface area (Å²) in [6.07, 6.45) is 1.36. The number of furan rings is 1. The molecule has 7 heteroatoms. The van der Waals surface area contributed by atoms with Gasteiger partial charge in [-0.3, -0.25) is 14.5 Å². The van der Waals surface area contributed by atoms with Crippen LogP contribution in [0.1, 0.15) is 5.76 Å². The molecule has 1 aromatic rings. The van der Waals surface area contributed by atoms with Crippen molar-refractivity contribution in [2.45, 2.75) is 6.04 Å². The van der Waals surface area contributed by atoms with E-state index in [1.54, 1.807) is 6.07 Å². The molecule has 1 unspecified atom stereocenters. The van der Waals surface area contributed by atoms with Crippen LogP contribution in [0, 0.1) is 0 Å². The lowest BCUT2D eigenvalue weighted by molar-refractivity contribution is -0.149. The average molecular weight is 236 g/mol. The standard InChI is InChI=1S/C10H8N2O5/c1-12-8(5-3-2-4-17-5)11-6(10(15)16)7(13)9(12)14/h2-4,6H,1H3,(H,15,16). The first-order valence-corrected chi connectivity index (χ1v) is 4.68.